The van der Waals surface area contributed by atoms with E-state index in [0.717, 1.165) is 51.5 Å². The topological polar surface area (TPSA) is 62.0 Å². The second-order valence-corrected chi connectivity index (χ2v) is 5.97. The lowest BCUT2D eigenvalue weighted by atomic mass is 9.96. The number of phenols is 1. The molecule has 0 saturated heterocycles. The van der Waals surface area contributed by atoms with Crippen LogP contribution in [0.25, 0.3) is 28.5 Å². The number of H-pyrrole nitrogens is 1. The molecule has 4 nitrogen and oxygen atoms in total. The first kappa shape index (κ1) is 16.1. The molecular formula is C20H22N2O2. The van der Waals surface area contributed by atoms with Crippen molar-refractivity contribution in [1.82, 2.24) is 10.1 Å². The van der Waals surface area contributed by atoms with Gasteiger partial charge in [-0.2, -0.15) is 0 Å². The molecule has 0 aliphatic heterocycles. The SMILES string of the molecule is CC/C=C\c1c(C)[nH]c(-c2c(C)noc2C)c1-c1ccc(O)cc1. The summed E-state index contributed by atoms with van der Waals surface area (Å²) in [5, 5.41) is 13.7. The molecule has 0 atom stereocenters. The lowest BCUT2D eigenvalue weighted by Gasteiger charge is -2.07. The highest BCUT2D eigenvalue weighted by atomic mass is 16.5. The molecule has 3 aromatic rings. The van der Waals surface area contributed by atoms with Crippen molar-refractivity contribution in [1.29, 1.82) is 0 Å². The predicted molar refractivity (Wildman–Crippen MR) is 96.9 cm³/mol. The largest absolute Gasteiger partial charge is 0.508 e. The number of hydrogen-bond acceptors (Lipinski definition) is 3. The second-order valence-electron chi connectivity index (χ2n) is 5.97. The molecule has 0 radical (unpaired) electrons. The van der Waals surface area contributed by atoms with Gasteiger partial charge in [-0.1, -0.05) is 36.4 Å². The van der Waals surface area contributed by atoms with Crippen LogP contribution < -0.4 is 0 Å². The van der Waals surface area contributed by atoms with Crippen LogP contribution in [0.5, 0.6) is 5.75 Å². The summed E-state index contributed by atoms with van der Waals surface area (Å²) in [6.07, 6.45) is 5.27. The van der Waals surface area contributed by atoms with E-state index in [2.05, 4.69) is 36.1 Å². The minimum Gasteiger partial charge on any atom is -0.508 e. The average Bonchev–Trinajstić information content (AvgIpc) is 3.05. The van der Waals surface area contributed by atoms with Gasteiger partial charge in [-0.3, -0.25) is 0 Å². The Kier molecular flexibility index (Phi) is 4.30. The number of aromatic hydroxyl groups is 1. The van der Waals surface area contributed by atoms with Gasteiger partial charge >= 0.3 is 0 Å². The molecule has 0 saturated carbocycles. The van der Waals surface area contributed by atoms with Crippen molar-refractivity contribution < 1.29 is 9.63 Å². The van der Waals surface area contributed by atoms with Crippen LogP contribution in [0.3, 0.4) is 0 Å². The van der Waals surface area contributed by atoms with Gasteiger partial charge < -0.3 is 14.6 Å². The van der Waals surface area contributed by atoms with Gasteiger partial charge in [-0.15, -0.1) is 0 Å². The van der Waals surface area contributed by atoms with Crippen LogP contribution in [-0.2, 0) is 0 Å². The minimum absolute atomic E-state index is 0.260. The van der Waals surface area contributed by atoms with Crippen molar-refractivity contribution in [2.75, 3.05) is 0 Å². The average molecular weight is 322 g/mol. The number of nitrogens with zero attached hydrogens (tertiary/aromatic N) is 1. The van der Waals surface area contributed by atoms with Crippen molar-refractivity contribution >= 4 is 6.08 Å². The summed E-state index contributed by atoms with van der Waals surface area (Å²) in [4.78, 5) is 3.51. The number of aromatic nitrogens is 2. The fraction of sp³-hybridized carbons (Fsp3) is 0.250. The fourth-order valence-electron chi connectivity index (χ4n) is 3.04. The van der Waals surface area contributed by atoms with E-state index in [-0.39, 0.29) is 5.75 Å². The summed E-state index contributed by atoms with van der Waals surface area (Å²) in [5.41, 5.74) is 7.26. The number of allylic oxidation sites excluding steroid dienone is 1. The molecule has 0 spiro atoms. The summed E-state index contributed by atoms with van der Waals surface area (Å²) in [5.74, 6) is 1.05. The summed E-state index contributed by atoms with van der Waals surface area (Å²) < 4.78 is 5.36. The van der Waals surface area contributed by atoms with Gasteiger partial charge in [-0.25, -0.2) is 0 Å². The third-order valence-corrected chi connectivity index (χ3v) is 4.20. The number of aryl methyl sites for hydroxylation is 3. The Balaban J connectivity index is 2.30. The van der Waals surface area contributed by atoms with Crippen molar-refractivity contribution in [2.45, 2.75) is 34.1 Å². The van der Waals surface area contributed by atoms with E-state index in [1.165, 1.54) is 0 Å². The van der Waals surface area contributed by atoms with E-state index >= 15 is 0 Å². The van der Waals surface area contributed by atoms with E-state index in [4.69, 9.17) is 4.52 Å². The number of benzene rings is 1. The quantitative estimate of drug-likeness (QED) is 0.677. The summed E-state index contributed by atoms with van der Waals surface area (Å²) in [7, 11) is 0. The Morgan fingerprint density at radius 2 is 1.83 bits per heavy atom. The molecule has 0 bridgehead atoms. The van der Waals surface area contributed by atoms with E-state index in [1.807, 2.05) is 26.0 Å². The molecule has 0 unspecified atom stereocenters. The van der Waals surface area contributed by atoms with E-state index in [0.29, 0.717) is 0 Å². The first-order chi connectivity index (χ1) is 11.5. The van der Waals surface area contributed by atoms with Crippen molar-refractivity contribution in [3.05, 3.63) is 53.1 Å². The minimum atomic E-state index is 0.260. The van der Waals surface area contributed by atoms with Gasteiger partial charge in [0.2, 0.25) is 0 Å². The zero-order valence-electron chi connectivity index (χ0n) is 14.5. The van der Waals surface area contributed by atoms with Gasteiger partial charge in [0.15, 0.2) is 0 Å². The molecule has 24 heavy (non-hydrogen) atoms. The Bertz CT molecular complexity index is 864. The van der Waals surface area contributed by atoms with Gasteiger partial charge in [0.05, 0.1) is 17.0 Å². The highest BCUT2D eigenvalue weighted by molar-refractivity contribution is 5.90. The first-order valence-corrected chi connectivity index (χ1v) is 8.14. The van der Waals surface area contributed by atoms with E-state index in [9.17, 15) is 5.11 Å². The monoisotopic (exact) mass is 322 g/mol. The Labute approximate surface area is 141 Å². The Hall–Kier alpha value is -2.75. The maximum atomic E-state index is 9.61. The number of hydrogen-bond donors (Lipinski definition) is 2. The molecule has 0 aliphatic rings. The van der Waals surface area contributed by atoms with Gasteiger partial charge in [0.25, 0.3) is 0 Å². The maximum Gasteiger partial charge on any atom is 0.143 e. The number of rotatable bonds is 4. The molecule has 124 valence electrons. The van der Waals surface area contributed by atoms with E-state index in [1.54, 1.807) is 12.1 Å². The molecule has 2 heterocycles. The third kappa shape index (κ3) is 2.75. The summed E-state index contributed by atoms with van der Waals surface area (Å²) >= 11 is 0. The van der Waals surface area contributed by atoms with E-state index < -0.39 is 0 Å². The molecule has 0 amide bonds. The molecular weight excluding hydrogens is 300 g/mol. The normalized spacial score (nSPS) is 11.5. The molecule has 2 aromatic heterocycles. The third-order valence-electron chi connectivity index (χ3n) is 4.20. The molecule has 0 aliphatic carbocycles. The molecule has 4 heteroatoms. The Morgan fingerprint density at radius 1 is 1.12 bits per heavy atom. The number of aromatic amines is 1. The first-order valence-electron chi connectivity index (χ1n) is 8.14. The van der Waals surface area contributed by atoms with Crippen LogP contribution in [-0.4, -0.2) is 15.2 Å². The smallest absolute Gasteiger partial charge is 0.143 e. The fourth-order valence-corrected chi connectivity index (χ4v) is 3.04. The van der Waals surface area contributed by atoms with Crippen LogP contribution in [0.15, 0.2) is 34.9 Å². The zero-order chi connectivity index (χ0) is 17.3. The Morgan fingerprint density at radius 3 is 2.42 bits per heavy atom. The highest BCUT2D eigenvalue weighted by Crippen LogP contribution is 2.40. The summed E-state index contributed by atoms with van der Waals surface area (Å²) in [6, 6.07) is 7.29. The summed E-state index contributed by atoms with van der Waals surface area (Å²) in [6.45, 7) is 8.06. The molecule has 0 fully saturated rings. The number of nitrogens with one attached hydrogen (secondary N) is 1. The lowest BCUT2D eigenvalue weighted by molar-refractivity contribution is 0.393. The van der Waals surface area contributed by atoms with Gasteiger partial charge in [0.1, 0.15) is 11.5 Å². The van der Waals surface area contributed by atoms with Crippen LogP contribution >= 0.6 is 0 Å². The predicted octanol–water partition coefficient (Wildman–Crippen LogP) is 5.39. The van der Waals surface area contributed by atoms with Crippen LogP contribution in [0.2, 0.25) is 0 Å². The molecule has 1 aromatic carbocycles. The van der Waals surface area contributed by atoms with Gasteiger partial charge in [0, 0.05) is 16.8 Å². The van der Waals surface area contributed by atoms with Crippen molar-refractivity contribution in [3.63, 3.8) is 0 Å². The number of phenolic OH excluding ortho intramolecular Hbond substituents is 1. The second kappa shape index (κ2) is 6.40. The maximum absolute atomic E-state index is 9.61. The molecule has 2 N–H and O–H groups in total. The van der Waals surface area contributed by atoms with Crippen LogP contribution in [0, 0.1) is 20.8 Å². The molecule has 3 rings (SSSR count). The highest BCUT2D eigenvalue weighted by Gasteiger charge is 2.21. The van der Waals surface area contributed by atoms with Crippen molar-refractivity contribution in [3.8, 4) is 28.1 Å². The lowest BCUT2D eigenvalue weighted by Crippen LogP contribution is -1.87. The van der Waals surface area contributed by atoms with Crippen molar-refractivity contribution in [2.24, 2.45) is 0 Å². The van der Waals surface area contributed by atoms with Crippen LogP contribution in [0.4, 0.5) is 0 Å². The zero-order valence-corrected chi connectivity index (χ0v) is 14.5. The van der Waals surface area contributed by atoms with Crippen LogP contribution in [0.1, 0.15) is 36.1 Å². The standard InChI is InChI=1S/C20H22N2O2/c1-5-6-7-17-12(2)21-20(18-13(3)22-24-14(18)4)19(17)15-8-10-16(23)11-9-15/h6-11,21,23H,5H2,1-4H3/b7-6-. The van der Waals surface area contributed by atoms with Gasteiger partial charge in [-0.05, 0) is 44.9 Å².